The molecule has 2 aromatic heterocycles. The summed E-state index contributed by atoms with van der Waals surface area (Å²) in [7, 11) is -3.84. The standard InChI is InChI=1S/C36H40ClN3O5S/c37-30-23-28(19-20-34(30)45-21-13-5-3-1-2-4-6-14-22-46(42,43)44)25-32-36(41)40-26-33(29-17-11-8-12-18-29)38-31(35(40)39-32)24-27-15-9-7-10-16-27/h7-12,15-20,23,26,41H,1-6,13-14,21-22,24-25H2,(H,42,43,44). The Balaban J connectivity index is 1.18. The Labute approximate surface area is 275 Å². The van der Waals surface area contributed by atoms with Crippen LogP contribution in [0.1, 0.15) is 73.9 Å². The summed E-state index contributed by atoms with van der Waals surface area (Å²) in [5.74, 6) is 0.560. The van der Waals surface area contributed by atoms with E-state index in [1.807, 2.05) is 72.9 Å². The molecule has 0 bridgehead atoms. The van der Waals surface area contributed by atoms with Crippen LogP contribution in [0.25, 0.3) is 16.9 Å². The van der Waals surface area contributed by atoms with Crippen LogP contribution in [0.3, 0.4) is 0 Å². The molecule has 10 heteroatoms. The number of nitrogens with zero attached hydrogens (tertiary/aromatic N) is 3. The van der Waals surface area contributed by atoms with Crippen molar-refractivity contribution >= 4 is 27.4 Å². The van der Waals surface area contributed by atoms with E-state index in [0.29, 0.717) is 48.0 Å². The van der Waals surface area contributed by atoms with Gasteiger partial charge >= 0.3 is 0 Å². The van der Waals surface area contributed by atoms with Gasteiger partial charge in [-0.1, -0.05) is 117 Å². The Morgan fingerprint density at radius 2 is 1.37 bits per heavy atom. The molecule has 5 aromatic rings. The van der Waals surface area contributed by atoms with Gasteiger partial charge < -0.3 is 9.84 Å². The quantitative estimate of drug-likeness (QED) is 0.0761. The molecule has 0 aliphatic carbocycles. The minimum absolute atomic E-state index is 0.0819. The molecule has 0 unspecified atom stereocenters. The minimum atomic E-state index is -3.84. The van der Waals surface area contributed by atoms with Gasteiger partial charge in [-0.25, -0.2) is 9.97 Å². The first-order valence-electron chi connectivity index (χ1n) is 15.8. The van der Waals surface area contributed by atoms with Gasteiger partial charge in [-0.3, -0.25) is 8.95 Å². The highest BCUT2D eigenvalue weighted by atomic mass is 35.5. The van der Waals surface area contributed by atoms with Crippen LogP contribution in [0.5, 0.6) is 11.6 Å². The third-order valence-corrected chi connectivity index (χ3v) is 9.03. The lowest BCUT2D eigenvalue weighted by atomic mass is 10.1. The second-order valence-corrected chi connectivity index (χ2v) is 13.6. The molecular weight excluding hydrogens is 622 g/mol. The van der Waals surface area contributed by atoms with Gasteiger partial charge in [0, 0.05) is 24.6 Å². The van der Waals surface area contributed by atoms with Crippen LogP contribution in [0, 0.1) is 0 Å². The molecule has 242 valence electrons. The molecular formula is C36H40ClN3O5S. The van der Waals surface area contributed by atoms with E-state index in [4.69, 9.17) is 30.9 Å². The lowest BCUT2D eigenvalue weighted by Gasteiger charge is -2.09. The first kappa shape index (κ1) is 33.4. The third kappa shape index (κ3) is 9.55. The van der Waals surface area contributed by atoms with Crippen molar-refractivity contribution in [3.8, 4) is 22.9 Å². The number of rotatable bonds is 17. The summed E-state index contributed by atoms with van der Waals surface area (Å²) in [5.41, 5.74) is 5.70. The topological polar surface area (TPSA) is 114 Å². The van der Waals surface area contributed by atoms with Gasteiger partial charge in [0.2, 0.25) is 5.88 Å². The van der Waals surface area contributed by atoms with Crippen molar-refractivity contribution in [2.75, 3.05) is 12.4 Å². The summed E-state index contributed by atoms with van der Waals surface area (Å²) in [6, 6.07) is 25.7. The number of benzene rings is 3. The highest BCUT2D eigenvalue weighted by Crippen LogP contribution is 2.31. The van der Waals surface area contributed by atoms with Gasteiger partial charge in [0.05, 0.1) is 28.8 Å². The SMILES string of the molecule is O=S(=O)(O)CCCCCCCCCCOc1ccc(Cc2nc3c(Cc4ccccc4)nc(-c4ccccc4)cn3c2O)cc1Cl. The summed E-state index contributed by atoms with van der Waals surface area (Å²) >= 11 is 6.59. The number of halogens is 1. The van der Waals surface area contributed by atoms with Crippen molar-refractivity contribution < 1.29 is 22.8 Å². The molecule has 5 rings (SSSR count). The van der Waals surface area contributed by atoms with Gasteiger partial charge in [0.15, 0.2) is 5.65 Å². The van der Waals surface area contributed by atoms with Crippen molar-refractivity contribution in [3.05, 3.63) is 113 Å². The molecule has 0 amide bonds. The van der Waals surface area contributed by atoms with Crippen molar-refractivity contribution in [2.24, 2.45) is 0 Å². The fraction of sp³-hybridized carbons (Fsp3) is 0.333. The monoisotopic (exact) mass is 661 g/mol. The van der Waals surface area contributed by atoms with Crippen LogP contribution in [-0.2, 0) is 23.0 Å². The van der Waals surface area contributed by atoms with E-state index in [9.17, 15) is 13.5 Å². The summed E-state index contributed by atoms with van der Waals surface area (Å²) < 4.78 is 37.9. The first-order chi connectivity index (χ1) is 22.3. The number of imidazole rings is 1. The molecule has 0 fully saturated rings. The summed E-state index contributed by atoms with van der Waals surface area (Å²) in [4.78, 5) is 9.82. The largest absolute Gasteiger partial charge is 0.493 e. The van der Waals surface area contributed by atoms with E-state index in [-0.39, 0.29) is 11.6 Å². The number of aromatic nitrogens is 3. The van der Waals surface area contributed by atoms with Gasteiger partial charge in [0.1, 0.15) is 11.4 Å². The molecule has 0 saturated carbocycles. The molecule has 0 aliphatic heterocycles. The van der Waals surface area contributed by atoms with E-state index in [1.54, 1.807) is 4.40 Å². The second-order valence-electron chi connectivity index (χ2n) is 11.6. The number of hydrogen-bond donors (Lipinski definition) is 2. The molecule has 0 radical (unpaired) electrons. The Morgan fingerprint density at radius 1 is 0.739 bits per heavy atom. The Morgan fingerprint density at radius 3 is 2.04 bits per heavy atom. The van der Waals surface area contributed by atoms with Crippen LogP contribution in [-0.4, -0.2) is 44.8 Å². The third-order valence-electron chi connectivity index (χ3n) is 7.93. The number of hydrogen-bond acceptors (Lipinski definition) is 6. The highest BCUT2D eigenvalue weighted by Gasteiger charge is 2.18. The number of fused-ring (bicyclic) bond motifs is 1. The molecule has 0 atom stereocenters. The van der Waals surface area contributed by atoms with Gasteiger partial charge in [-0.2, -0.15) is 8.42 Å². The van der Waals surface area contributed by atoms with Crippen molar-refractivity contribution in [1.29, 1.82) is 0 Å². The molecule has 0 spiro atoms. The van der Waals surface area contributed by atoms with Crippen molar-refractivity contribution in [1.82, 2.24) is 14.4 Å². The van der Waals surface area contributed by atoms with Crippen molar-refractivity contribution in [3.63, 3.8) is 0 Å². The van der Waals surface area contributed by atoms with Gasteiger partial charge in [-0.15, -0.1) is 0 Å². The number of aromatic hydroxyl groups is 1. The van der Waals surface area contributed by atoms with E-state index in [2.05, 4.69) is 12.1 Å². The van der Waals surface area contributed by atoms with Crippen LogP contribution in [0.15, 0.2) is 85.1 Å². The zero-order chi connectivity index (χ0) is 32.4. The molecule has 2 heterocycles. The van der Waals surface area contributed by atoms with E-state index in [0.717, 1.165) is 73.0 Å². The maximum absolute atomic E-state index is 11.3. The fourth-order valence-corrected chi connectivity index (χ4v) is 6.34. The number of ether oxygens (including phenoxy) is 1. The number of unbranched alkanes of at least 4 members (excludes halogenated alkanes) is 7. The Bertz CT molecular complexity index is 1830. The fourth-order valence-electron chi connectivity index (χ4n) is 5.51. The molecule has 2 N–H and O–H groups in total. The molecule has 0 aliphatic rings. The van der Waals surface area contributed by atoms with E-state index < -0.39 is 10.1 Å². The van der Waals surface area contributed by atoms with Crippen LogP contribution < -0.4 is 4.74 Å². The Kier molecular flexibility index (Phi) is 11.7. The summed E-state index contributed by atoms with van der Waals surface area (Å²) in [6.07, 6.45) is 10.3. The first-order valence-corrected chi connectivity index (χ1v) is 17.8. The normalized spacial score (nSPS) is 11.7. The summed E-state index contributed by atoms with van der Waals surface area (Å²) in [6.45, 7) is 0.571. The average molecular weight is 662 g/mol. The van der Waals surface area contributed by atoms with Crippen LogP contribution >= 0.6 is 11.6 Å². The smallest absolute Gasteiger partial charge is 0.264 e. The summed E-state index contributed by atoms with van der Waals surface area (Å²) in [5, 5.41) is 11.8. The highest BCUT2D eigenvalue weighted by molar-refractivity contribution is 7.85. The van der Waals surface area contributed by atoms with Gasteiger partial charge in [0.25, 0.3) is 10.1 Å². The zero-order valence-corrected chi connectivity index (χ0v) is 27.4. The van der Waals surface area contributed by atoms with Crippen molar-refractivity contribution in [2.45, 2.75) is 64.2 Å². The molecule has 0 saturated heterocycles. The van der Waals surface area contributed by atoms with E-state index >= 15 is 0 Å². The van der Waals surface area contributed by atoms with Crippen LogP contribution in [0.2, 0.25) is 5.02 Å². The minimum Gasteiger partial charge on any atom is -0.493 e. The molecule has 46 heavy (non-hydrogen) atoms. The maximum atomic E-state index is 11.3. The Hall–Kier alpha value is -3.92. The lowest BCUT2D eigenvalue weighted by Crippen LogP contribution is -2.03. The molecule has 8 nitrogen and oxygen atoms in total. The molecule has 3 aromatic carbocycles. The predicted molar refractivity (Wildman–Crippen MR) is 182 cm³/mol. The lowest BCUT2D eigenvalue weighted by molar-refractivity contribution is 0.304. The average Bonchev–Trinajstić information content (AvgIpc) is 3.36. The zero-order valence-electron chi connectivity index (χ0n) is 25.8. The predicted octanol–water partition coefficient (Wildman–Crippen LogP) is 8.32. The van der Waals surface area contributed by atoms with Crippen LogP contribution in [0.4, 0.5) is 0 Å². The van der Waals surface area contributed by atoms with Gasteiger partial charge in [-0.05, 0) is 36.1 Å². The second kappa shape index (κ2) is 16.1. The maximum Gasteiger partial charge on any atom is 0.264 e. The van der Waals surface area contributed by atoms with E-state index in [1.165, 1.54) is 0 Å².